The van der Waals surface area contributed by atoms with E-state index in [1.807, 2.05) is 0 Å². The van der Waals surface area contributed by atoms with Crippen molar-refractivity contribution >= 4 is 0 Å². The van der Waals surface area contributed by atoms with Crippen molar-refractivity contribution in [3.63, 3.8) is 0 Å². The molecule has 1 aromatic rings. The van der Waals surface area contributed by atoms with E-state index in [-0.39, 0.29) is 0 Å². The summed E-state index contributed by atoms with van der Waals surface area (Å²) < 4.78 is 0. The van der Waals surface area contributed by atoms with Crippen molar-refractivity contribution in [2.75, 3.05) is 19.6 Å². The zero-order chi connectivity index (χ0) is 12.1. The highest BCUT2D eigenvalue weighted by atomic mass is 15.1. The fourth-order valence-electron chi connectivity index (χ4n) is 2.68. The Morgan fingerprint density at radius 3 is 2.41 bits per heavy atom. The molecule has 1 aliphatic rings. The van der Waals surface area contributed by atoms with E-state index >= 15 is 0 Å². The number of nitrogens with zero attached hydrogens (tertiary/aromatic N) is 1. The zero-order valence-corrected chi connectivity index (χ0v) is 10.9. The Bertz CT molecular complexity index is 341. The Morgan fingerprint density at radius 2 is 1.82 bits per heavy atom. The van der Waals surface area contributed by atoms with E-state index in [2.05, 4.69) is 36.1 Å². The third kappa shape index (κ3) is 3.30. The normalized spacial score (nSPS) is 18.5. The fourth-order valence-corrected chi connectivity index (χ4v) is 2.68. The van der Waals surface area contributed by atoms with Gasteiger partial charge >= 0.3 is 0 Å². The molecular formula is C15H24N2. The molecule has 1 aromatic carbocycles. The first kappa shape index (κ1) is 12.6. The smallest absolute Gasteiger partial charge is 0.0236 e. The van der Waals surface area contributed by atoms with Crippen molar-refractivity contribution in [1.82, 2.24) is 4.90 Å². The van der Waals surface area contributed by atoms with Crippen LogP contribution in [0.4, 0.5) is 0 Å². The molecular weight excluding hydrogens is 208 g/mol. The molecule has 0 unspecified atom stereocenters. The van der Waals surface area contributed by atoms with E-state index in [1.54, 1.807) is 0 Å². The summed E-state index contributed by atoms with van der Waals surface area (Å²) in [6, 6.07) is 8.82. The van der Waals surface area contributed by atoms with Crippen LogP contribution in [0.3, 0.4) is 0 Å². The number of rotatable bonds is 4. The third-order valence-electron chi connectivity index (χ3n) is 3.93. The van der Waals surface area contributed by atoms with Gasteiger partial charge in [-0.25, -0.2) is 0 Å². The summed E-state index contributed by atoms with van der Waals surface area (Å²) in [4.78, 5) is 2.57. The Hall–Kier alpha value is -0.860. The summed E-state index contributed by atoms with van der Waals surface area (Å²) in [7, 11) is 0. The van der Waals surface area contributed by atoms with Crippen molar-refractivity contribution < 1.29 is 0 Å². The second-order valence-corrected chi connectivity index (χ2v) is 5.08. The topological polar surface area (TPSA) is 29.3 Å². The van der Waals surface area contributed by atoms with Crippen LogP contribution in [0, 0.1) is 5.92 Å². The molecule has 1 saturated heterocycles. The van der Waals surface area contributed by atoms with Crippen LogP contribution in [-0.4, -0.2) is 24.5 Å². The maximum absolute atomic E-state index is 5.73. The van der Waals surface area contributed by atoms with Crippen molar-refractivity contribution in [3.05, 3.63) is 35.4 Å². The number of piperidine rings is 1. The van der Waals surface area contributed by atoms with Crippen LogP contribution in [0.2, 0.25) is 0 Å². The van der Waals surface area contributed by atoms with Gasteiger partial charge in [-0.1, -0.05) is 31.2 Å². The number of hydrogen-bond donors (Lipinski definition) is 1. The molecule has 0 spiro atoms. The Kier molecular flexibility index (Phi) is 4.57. The largest absolute Gasteiger partial charge is 0.330 e. The highest BCUT2D eigenvalue weighted by Crippen LogP contribution is 2.19. The Labute approximate surface area is 105 Å². The average Bonchev–Trinajstić information content (AvgIpc) is 2.40. The second-order valence-electron chi connectivity index (χ2n) is 5.08. The molecule has 0 aromatic heterocycles. The minimum Gasteiger partial charge on any atom is -0.330 e. The minimum atomic E-state index is 0.757. The van der Waals surface area contributed by atoms with Crippen LogP contribution >= 0.6 is 0 Å². The molecule has 2 nitrogen and oxygen atoms in total. The van der Waals surface area contributed by atoms with Gasteiger partial charge in [0.15, 0.2) is 0 Å². The van der Waals surface area contributed by atoms with E-state index in [4.69, 9.17) is 5.73 Å². The lowest BCUT2D eigenvalue weighted by Gasteiger charge is -2.31. The van der Waals surface area contributed by atoms with Crippen LogP contribution in [0.25, 0.3) is 0 Å². The monoisotopic (exact) mass is 232 g/mol. The van der Waals surface area contributed by atoms with Gasteiger partial charge in [-0.2, -0.15) is 0 Å². The van der Waals surface area contributed by atoms with Crippen molar-refractivity contribution in [2.45, 2.75) is 32.7 Å². The molecule has 0 aliphatic carbocycles. The first-order valence-electron chi connectivity index (χ1n) is 6.82. The molecule has 1 fully saturated rings. The molecule has 1 aliphatic heterocycles. The van der Waals surface area contributed by atoms with Crippen LogP contribution in [0.15, 0.2) is 24.3 Å². The predicted octanol–water partition coefficient (Wildman–Crippen LogP) is 2.42. The van der Waals surface area contributed by atoms with Crippen molar-refractivity contribution in [3.8, 4) is 0 Å². The van der Waals surface area contributed by atoms with E-state index in [0.717, 1.165) is 25.4 Å². The number of likely N-dealkylation sites (tertiary alicyclic amines) is 1. The number of benzene rings is 1. The molecule has 1 heterocycles. The van der Waals surface area contributed by atoms with Crippen LogP contribution < -0.4 is 5.73 Å². The van der Waals surface area contributed by atoms with Gasteiger partial charge in [0.2, 0.25) is 0 Å². The Morgan fingerprint density at radius 1 is 1.18 bits per heavy atom. The van der Waals surface area contributed by atoms with Crippen molar-refractivity contribution in [2.24, 2.45) is 11.7 Å². The van der Waals surface area contributed by atoms with Gasteiger partial charge in [0.1, 0.15) is 0 Å². The maximum atomic E-state index is 5.73. The van der Waals surface area contributed by atoms with Gasteiger partial charge in [0.05, 0.1) is 0 Å². The van der Waals surface area contributed by atoms with Gasteiger partial charge < -0.3 is 5.73 Å². The summed E-state index contributed by atoms with van der Waals surface area (Å²) in [6.07, 6.45) is 3.67. The third-order valence-corrected chi connectivity index (χ3v) is 3.93. The van der Waals surface area contributed by atoms with Crippen LogP contribution in [0.5, 0.6) is 0 Å². The fraction of sp³-hybridized carbons (Fsp3) is 0.600. The zero-order valence-electron chi connectivity index (χ0n) is 10.9. The van der Waals surface area contributed by atoms with Crippen LogP contribution in [-0.2, 0) is 13.0 Å². The molecule has 0 bridgehead atoms. The lowest BCUT2D eigenvalue weighted by atomic mass is 9.96. The standard InChI is InChI=1S/C15H24N2/c1-2-14-5-3-4-6-15(14)12-17-9-7-13(11-16)8-10-17/h3-6,13H,2,7-12,16H2,1H3. The summed E-state index contributed by atoms with van der Waals surface area (Å²) in [5.41, 5.74) is 8.72. The highest BCUT2D eigenvalue weighted by molar-refractivity contribution is 5.26. The van der Waals surface area contributed by atoms with Gasteiger partial charge in [0, 0.05) is 6.54 Å². The molecule has 0 atom stereocenters. The molecule has 2 heteroatoms. The quantitative estimate of drug-likeness (QED) is 0.864. The minimum absolute atomic E-state index is 0.757. The number of hydrogen-bond acceptors (Lipinski definition) is 2. The van der Waals surface area contributed by atoms with E-state index in [1.165, 1.54) is 37.1 Å². The van der Waals surface area contributed by atoms with E-state index < -0.39 is 0 Å². The molecule has 0 radical (unpaired) electrons. The van der Waals surface area contributed by atoms with Crippen molar-refractivity contribution in [1.29, 1.82) is 0 Å². The lowest BCUT2D eigenvalue weighted by molar-refractivity contribution is 0.180. The molecule has 2 rings (SSSR count). The summed E-state index contributed by atoms with van der Waals surface area (Å²) >= 11 is 0. The molecule has 0 saturated carbocycles. The molecule has 2 N–H and O–H groups in total. The summed E-state index contributed by atoms with van der Waals surface area (Å²) in [5.74, 6) is 0.757. The molecule has 17 heavy (non-hydrogen) atoms. The SMILES string of the molecule is CCc1ccccc1CN1CCC(CN)CC1. The van der Waals surface area contributed by atoms with Gasteiger partial charge in [-0.3, -0.25) is 4.90 Å². The summed E-state index contributed by atoms with van der Waals surface area (Å²) in [6.45, 7) is 6.63. The maximum Gasteiger partial charge on any atom is 0.0236 e. The van der Waals surface area contributed by atoms with Crippen LogP contribution in [0.1, 0.15) is 30.9 Å². The first-order chi connectivity index (χ1) is 8.33. The molecule has 0 amide bonds. The highest BCUT2D eigenvalue weighted by Gasteiger charge is 2.18. The van der Waals surface area contributed by atoms with Gasteiger partial charge in [-0.15, -0.1) is 0 Å². The summed E-state index contributed by atoms with van der Waals surface area (Å²) in [5, 5.41) is 0. The number of nitrogens with two attached hydrogens (primary N) is 1. The second kappa shape index (κ2) is 6.18. The lowest BCUT2D eigenvalue weighted by Crippen LogP contribution is -2.35. The average molecular weight is 232 g/mol. The van der Waals surface area contributed by atoms with Gasteiger partial charge in [0.25, 0.3) is 0 Å². The first-order valence-corrected chi connectivity index (χ1v) is 6.82. The Balaban J connectivity index is 1.93. The number of aryl methyl sites for hydroxylation is 1. The van der Waals surface area contributed by atoms with E-state index in [0.29, 0.717) is 0 Å². The predicted molar refractivity (Wildman–Crippen MR) is 72.9 cm³/mol. The van der Waals surface area contributed by atoms with Gasteiger partial charge in [-0.05, 0) is 55.9 Å². The molecule has 94 valence electrons. The van der Waals surface area contributed by atoms with E-state index in [9.17, 15) is 0 Å².